The first kappa shape index (κ1) is 16.4. The molecule has 0 bridgehead atoms. The minimum atomic E-state index is 0.0628. The van der Waals surface area contributed by atoms with Crippen molar-refractivity contribution in [3.63, 3.8) is 0 Å². The van der Waals surface area contributed by atoms with E-state index in [1.54, 1.807) is 6.07 Å². The smallest absolute Gasteiger partial charge is 0.146 e. The number of hydrogen-bond donors (Lipinski definition) is 1. The fourth-order valence-electron chi connectivity index (χ4n) is 1.68. The van der Waals surface area contributed by atoms with E-state index < -0.39 is 0 Å². The minimum absolute atomic E-state index is 0.0628. The van der Waals surface area contributed by atoms with Gasteiger partial charge in [-0.05, 0) is 51.1 Å². The molecule has 114 valence electrons. The first-order chi connectivity index (χ1) is 9.83. The maximum atomic E-state index is 6.08. The third-order valence-corrected chi connectivity index (χ3v) is 3.58. The Morgan fingerprint density at radius 2 is 1.90 bits per heavy atom. The highest BCUT2D eigenvalue weighted by molar-refractivity contribution is 9.10. The summed E-state index contributed by atoms with van der Waals surface area (Å²) in [5, 5.41) is 3.96. The SMILES string of the molecule is CC(C)(C)NCc1ccc(COc2cc(Br)ccc2Cl)o1. The Labute approximate surface area is 138 Å². The van der Waals surface area contributed by atoms with Crippen LogP contribution in [-0.4, -0.2) is 5.54 Å². The number of nitrogens with one attached hydrogen (secondary N) is 1. The molecule has 3 nitrogen and oxygen atoms in total. The molecule has 0 aliphatic heterocycles. The van der Waals surface area contributed by atoms with Crippen LogP contribution in [0.25, 0.3) is 0 Å². The van der Waals surface area contributed by atoms with E-state index in [0.29, 0.717) is 23.9 Å². The van der Waals surface area contributed by atoms with Gasteiger partial charge in [-0.15, -0.1) is 0 Å². The van der Waals surface area contributed by atoms with E-state index in [1.165, 1.54) is 0 Å². The first-order valence-corrected chi connectivity index (χ1v) is 7.91. The molecule has 1 N–H and O–H groups in total. The molecule has 0 saturated heterocycles. The summed E-state index contributed by atoms with van der Waals surface area (Å²) in [6, 6.07) is 9.39. The maximum Gasteiger partial charge on any atom is 0.146 e. The van der Waals surface area contributed by atoms with Crippen LogP contribution in [0.5, 0.6) is 5.75 Å². The van der Waals surface area contributed by atoms with E-state index in [2.05, 4.69) is 42.0 Å². The molecule has 0 aliphatic rings. The third-order valence-electron chi connectivity index (χ3n) is 2.77. The van der Waals surface area contributed by atoms with E-state index in [9.17, 15) is 0 Å². The number of hydrogen-bond acceptors (Lipinski definition) is 3. The zero-order valence-corrected chi connectivity index (χ0v) is 14.7. The van der Waals surface area contributed by atoms with Crippen molar-refractivity contribution < 1.29 is 9.15 Å². The molecule has 0 atom stereocenters. The average molecular weight is 373 g/mol. The summed E-state index contributed by atoms with van der Waals surface area (Å²) in [5.41, 5.74) is 0.0628. The maximum absolute atomic E-state index is 6.08. The summed E-state index contributed by atoms with van der Waals surface area (Å²) in [5.74, 6) is 2.30. The van der Waals surface area contributed by atoms with E-state index in [4.69, 9.17) is 20.8 Å². The molecule has 1 aromatic heterocycles. The second-order valence-corrected chi connectivity index (χ2v) is 7.16. The molecule has 0 amide bonds. The number of ether oxygens (including phenoxy) is 1. The minimum Gasteiger partial charge on any atom is -0.484 e. The molecular formula is C16H19BrClNO2. The van der Waals surface area contributed by atoms with Gasteiger partial charge in [0.05, 0.1) is 11.6 Å². The molecule has 5 heteroatoms. The van der Waals surface area contributed by atoms with Crippen molar-refractivity contribution in [2.24, 2.45) is 0 Å². The Hall–Kier alpha value is -0.970. The number of furan rings is 1. The number of benzene rings is 1. The van der Waals surface area contributed by atoms with Crippen LogP contribution in [0.15, 0.2) is 39.2 Å². The molecular weight excluding hydrogens is 354 g/mol. The van der Waals surface area contributed by atoms with Crippen molar-refractivity contribution in [3.8, 4) is 5.75 Å². The largest absolute Gasteiger partial charge is 0.484 e. The van der Waals surface area contributed by atoms with Gasteiger partial charge in [0.25, 0.3) is 0 Å². The number of halogens is 2. The highest BCUT2D eigenvalue weighted by atomic mass is 79.9. The van der Waals surface area contributed by atoms with Gasteiger partial charge in [0.15, 0.2) is 0 Å². The van der Waals surface area contributed by atoms with Crippen molar-refractivity contribution in [1.29, 1.82) is 0 Å². The zero-order valence-electron chi connectivity index (χ0n) is 12.4. The van der Waals surface area contributed by atoms with Crippen LogP contribution in [0.2, 0.25) is 5.02 Å². The van der Waals surface area contributed by atoms with E-state index >= 15 is 0 Å². The summed E-state index contributed by atoms with van der Waals surface area (Å²) in [6.07, 6.45) is 0. The highest BCUT2D eigenvalue weighted by Crippen LogP contribution is 2.28. The lowest BCUT2D eigenvalue weighted by atomic mass is 10.1. The van der Waals surface area contributed by atoms with Gasteiger partial charge in [-0.25, -0.2) is 0 Å². The molecule has 0 radical (unpaired) electrons. The molecule has 1 heterocycles. The van der Waals surface area contributed by atoms with E-state index in [-0.39, 0.29) is 5.54 Å². The molecule has 1 aromatic carbocycles. The van der Waals surface area contributed by atoms with Crippen LogP contribution >= 0.6 is 27.5 Å². The van der Waals surface area contributed by atoms with Gasteiger partial charge >= 0.3 is 0 Å². The summed E-state index contributed by atoms with van der Waals surface area (Å²) in [4.78, 5) is 0. The van der Waals surface area contributed by atoms with Crippen LogP contribution in [0.1, 0.15) is 32.3 Å². The summed E-state index contributed by atoms with van der Waals surface area (Å²) in [6.45, 7) is 7.41. The summed E-state index contributed by atoms with van der Waals surface area (Å²) in [7, 11) is 0. The molecule has 0 aliphatic carbocycles. The lowest BCUT2D eigenvalue weighted by molar-refractivity contribution is 0.263. The van der Waals surface area contributed by atoms with Gasteiger partial charge in [0.1, 0.15) is 23.9 Å². The normalized spacial score (nSPS) is 11.7. The number of rotatable bonds is 5. The summed E-state index contributed by atoms with van der Waals surface area (Å²) >= 11 is 9.48. The first-order valence-electron chi connectivity index (χ1n) is 6.74. The van der Waals surface area contributed by atoms with Gasteiger partial charge in [0, 0.05) is 10.0 Å². The van der Waals surface area contributed by atoms with Crippen LogP contribution in [-0.2, 0) is 13.2 Å². The summed E-state index contributed by atoms with van der Waals surface area (Å²) < 4.78 is 12.3. The Bertz CT molecular complexity index is 605. The van der Waals surface area contributed by atoms with Gasteiger partial charge in [-0.3, -0.25) is 0 Å². The fourth-order valence-corrected chi connectivity index (χ4v) is 2.20. The van der Waals surface area contributed by atoms with Crippen LogP contribution in [0.3, 0.4) is 0 Å². The Morgan fingerprint density at radius 1 is 1.19 bits per heavy atom. The Morgan fingerprint density at radius 3 is 2.62 bits per heavy atom. The molecule has 21 heavy (non-hydrogen) atoms. The van der Waals surface area contributed by atoms with Crippen LogP contribution in [0, 0.1) is 0 Å². The van der Waals surface area contributed by atoms with Crippen molar-refractivity contribution in [2.75, 3.05) is 0 Å². The van der Waals surface area contributed by atoms with Crippen LogP contribution in [0.4, 0.5) is 0 Å². The third kappa shape index (κ3) is 5.38. The average Bonchev–Trinajstić information content (AvgIpc) is 2.85. The lowest BCUT2D eigenvalue weighted by Crippen LogP contribution is -2.34. The quantitative estimate of drug-likeness (QED) is 0.787. The predicted octanol–water partition coefficient (Wildman–Crippen LogP) is 5.16. The van der Waals surface area contributed by atoms with E-state index in [1.807, 2.05) is 24.3 Å². The monoisotopic (exact) mass is 371 g/mol. The molecule has 2 rings (SSSR count). The molecule has 0 fully saturated rings. The molecule has 0 saturated carbocycles. The van der Waals surface area contributed by atoms with Gasteiger partial charge < -0.3 is 14.5 Å². The lowest BCUT2D eigenvalue weighted by Gasteiger charge is -2.19. The van der Waals surface area contributed by atoms with Crippen LogP contribution < -0.4 is 10.1 Å². The zero-order chi connectivity index (χ0) is 15.5. The Balaban J connectivity index is 1.92. The second kappa shape index (κ2) is 6.86. The van der Waals surface area contributed by atoms with Crippen molar-refractivity contribution >= 4 is 27.5 Å². The topological polar surface area (TPSA) is 34.4 Å². The molecule has 2 aromatic rings. The highest BCUT2D eigenvalue weighted by Gasteiger charge is 2.11. The van der Waals surface area contributed by atoms with E-state index in [0.717, 1.165) is 16.0 Å². The van der Waals surface area contributed by atoms with Gasteiger partial charge in [-0.2, -0.15) is 0 Å². The fraction of sp³-hybridized carbons (Fsp3) is 0.375. The van der Waals surface area contributed by atoms with Crippen molar-refractivity contribution in [1.82, 2.24) is 5.32 Å². The van der Waals surface area contributed by atoms with Crippen molar-refractivity contribution in [3.05, 3.63) is 51.3 Å². The second-order valence-electron chi connectivity index (χ2n) is 5.83. The van der Waals surface area contributed by atoms with Gasteiger partial charge in [-0.1, -0.05) is 27.5 Å². The van der Waals surface area contributed by atoms with Gasteiger partial charge in [0.2, 0.25) is 0 Å². The molecule has 0 unspecified atom stereocenters. The Kier molecular flexibility index (Phi) is 5.36. The standard InChI is InChI=1S/C16H19BrClNO2/c1-16(2,3)19-9-12-5-6-13(21-12)10-20-15-8-11(17)4-7-14(15)18/h4-8,19H,9-10H2,1-3H3. The molecule has 0 spiro atoms. The van der Waals surface area contributed by atoms with Crippen molar-refractivity contribution in [2.45, 2.75) is 39.5 Å². The predicted molar refractivity (Wildman–Crippen MR) is 88.8 cm³/mol.